The Balaban J connectivity index is 1.49. The third-order valence-corrected chi connectivity index (χ3v) is 6.22. The molecule has 152 valence electrons. The number of hydrogen-bond acceptors (Lipinski definition) is 1. The summed E-state index contributed by atoms with van der Waals surface area (Å²) in [6.45, 7) is 0. The smallest absolute Gasteiger partial charge is 0.136 e. The van der Waals surface area contributed by atoms with Crippen molar-refractivity contribution in [3.63, 3.8) is 0 Å². The molecule has 0 aliphatic rings. The molecule has 0 radical (unpaired) electrons. The van der Waals surface area contributed by atoms with Gasteiger partial charge >= 0.3 is 0 Å². The van der Waals surface area contributed by atoms with Crippen LogP contribution in [0.25, 0.3) is 55.3 Å². The molecule has 1 heterocycles. The predicted octanol–water partition coefficient (Wildman–Crippen LogP) is 9.24. The van der Waals surface area contributed by atoms with Crippen LogP contribution in [-0.2, 0) is 0 Å². The SMILES string of the molecule is Clc1ccc(-c2ccccc2-c2ccc3oc4cc(-c5ccccc5)ccc4c3c2)cc1. The summed E-state index contributed by atoms with van der Waals surface area (Å²) in [4.78, 5) is 0. The molecule has 0 amide bonds. The standard InChI is InChI=1S/C30H19ClO/c31-24-14-10-21(11-15-24)25-8-4-5-9-26(25)23-13-17-29-28(18-23)27-16-12-22(19-30(27)32-29)20-6-2-1-3-7-20/h1-19H. The van der Waals surface area contributed by atoms with Gasteiger partial charge in [0.05, 0.1) is 0 Å². The van der Waals surface area contributed by atoms with Gasteiger partial charge in [0.25, 0.3) is 0 Å². The average molecular weight is 431 g/mol. The van der Waals surface area contributed by atoms with Crippen molar-refractivity contribution in [1.29, 1.82) is 0 Å². The Labute approximate surface area is 191 Å². The van der Waals surface area contributed by atoms with Crippen molar-refractivity contribution in [3.8, 4) is 33.4 Å². The fraction of sp³-hybridized carbons (Fsp3) is 0. The van der Waals surface area contributed by atoms with E-state index in [1.807, 2.05) is 18.2 Å². The number of fused-ring (bicyclic) bond motifs is 3. The van der Waals surface area contributed by atoms with Crippen molar-refractivity contribution in [2.45, 2.75) is 0 Å². The maximum Gasteiger partial charge on any atom is 0.136 e. The zero-order valence-electron chi connectivity index (χ0n) is 17.3. The van der Waals surface area contributed by atoms with Crippen LogP contribution >= 0.6 is 11.6 Å². The van der Waals surface area contributed by atoms with Gasteiger partial charge in [-0.3, -0.25) is 0 Å². The third kappa shape index (κ3) is 3.28. The molecule has 0 saturated carbocycles. The molecule has 32 heavy (non-hydrogen) atoms. The van der Waals surface area contributed by atoms with Gasteiger partial charge in [-0.15, -0.1) is 0 Å². The summed E-state index contributed by atoms with van der Waals surface area (Å²) in [5.74, 6) is 0. The number of halogens is 1. The van der Waals surface area contributed by atoms with Crippen molar-refractivity contribution in [2.75, 3.05) is 0 Å². The van der Waals surface area contributed by atoms with E-state index < -0.39 is 0 Å². The van der Waals surface area contributed by atoms with Gasteiger partial charge in [0, 0.05) is 15.8 Å². The van der Waals surface area contributed by atoms with Crippen LogP contribution in [0.2, 0.25) is 5.02 Å². The van der Waals surface area contributed by atoms with Crippen molar-refractivity contribution in [2.24, 2.45) is 0 Å². The van der Waals surface area contributed by atoms with Crippen molar-refractivity contribution in [1.82, 2.24) is 0 Å². The van der Waals surface area contributed by atoms with Crippen molar-refractivity contribution >= 4 is 33.5 Å². The zero-order chi connectivity index (χ0) is 21.5. The van der Waals surface area contributed by atoms with Crippen LogP contribution in [0.5, 0.6) is 0 Å². The van der Waals surface area contributed by atoms with Gasteiger partial charge in [-0.1, -0.05) is 90.5 Å². The molecule has 1 aromatic heterocycles. The first kappa shape index (κ1) is 18.9. The molecule has 1 nitrogen and oxygen atoms in total. The van der Waals surface area contributed by atoms with Crippen LogP contribution in [0.1, 0.15) is 0 Å². The molecule has 0 bridgehead atoms. The Morgan fingerprint density at radius 2 is 1.09 bits per heavy atom. The second kappa shape index (κ2) is 7.71. The Morgan fingerprint density at radius 1 is 0.438 bits per heavy atom. The average Bonchev–Trinajstić information content (AvgIpc) is 3.22. The Bertz CT molecular complexity index is 1560. The van der Waals surface area contributed by atoms with E-state index in [4.69, 9.17) is 16.0 Å². The number of hydrogen-bond donors (Lipinski definition) is 0. The molecule has 2 heteroatoms. The molecular weight excluding hydrogens is 412 g/mol. The lowest BCUT2D eigenvalue weighted by atomic mass is 9.94. The van der Waals surface area contributed by atoms with Gasteiger partial charge in [0.2, 0.25) is 0 Å². The molecule has 0 N–H and O–H groups in total. The monoisotopic (exact) mass is 430 g/mol. The summed E-state index contributed by atoms with van der Waals surface area (Å²) in [5, 5.41) is 3.00. The highest BCUT2D eigenvalue weighted by atomic mass is 35.5. The van der Waals surface area contributed by atoms with E-state index >= 15 is 0 Å². The molecule has 5 aromatic carbocycles. The molecule has 0 fully saturated rings. The van der Waals surface area contributed by atoms with E-state index in [-0.39, 0.29) is 0 Å². The van der Waals surface area contributed by atoms with Crippen LogP contribution in [0.3, 0.4) is 0 Å². The third-order valence-electron chi connectivity index (χ3n) is 5.97. The fourth-order valence-electron chi connectivity index (χ4n) is 4.37. The van der Waals surface area contributed by atoms with Gasteiger partial charge in [-0.25, -0.2) is 0 Å². The first-order chi connectivity index (χ1) is 15.8. The number of rotatable bonds is 3. The molecule has 0 aliphatic carbocycles. The minimum absolute atomic E-state index is 0.743. The Hall–Kier alpha value is -3.81. The maximum atomic E-state index is 6.22. The van der Waals surface area contributed by atoms with Crippen LogP contribution in [-0.4, -0.2) is 0 Å². The highest BCUT2D eigenvalue weighted by Gasteiger charge is 2.12. The Morgan fingerprint density at radius 3 is 1.88 bits per heavy atom. The largest absolute Gasteiger partial charge is 0.456 e. The molecule has 0 unspecified atom stereocenters. The minimum atomic E-state index is 0.743. The molecule has 6 rings (SSSR count). The first-order valence-electron chi connectivity index (χ1n) is 10.6. The summed E-state index contributed by atoms with van der Waals surface area (Å²) >= 11 is 6.10. The second-order valence-corrected chi connectivity index (χ2v) is 8.38. The lowest BCUT2D eigenvalue weighted by molar-refractivity contribution is 0.669. The van der Waals surface area contributed by atoms with E-state index in [0.29, 0.717) is 0 Å². The van der Waals surface area contributed by atoms with Gasteiger partial charge in [-0.2, -0.15) is 0 Å². The lowest BCUT2D eigenvalue weighted by Gasteiger charge is -2.10. The summed E-state index contributed by atoms with van der Waals surface area (Å²) in [6.07, 6.45) is 0. The van der Waals surface area contributed by atoms with E-state index in [0.717, 1.165) is 43.7 Å². The number of furan rings is 1. The number of benzene rings is 5. The van der Waals surface area contributed by atoms with Crippen LogP contribution < -0.4 is 0 Å². The molecule has 0 saturated heterocycles. The zero-order valence-corrected chi connectivity index (χ0v) is 18.0. The second-order valence-electron chi connectivity index (χ2n) is 7.94. The van der Waals surface area contributed by atoms with Gasteiger partial charge in [0.15, 0.2) is 0 Å². The summed E-state index contributed by atoms with van der Waals surface area (Å²) in [5.41, 5.74) is 8.84. The molecule has 6 aromatic rings. The lowest BCUT2D eigenvalue weighted by Crippen LogP contribution is -1.85. The van der Waals surface area contributed by atoms with E-state index in [2.05, 4.69) is 97.1 Å². The van der Waals surface area contributed by atoms with E-state index in [1.54, 1.807) is 0 Å². The Kier molecular flexibility index (Phi) is 4.56. The molecule has 0 spiro atoms. The summed E-state index contributed by atoms with van der Waals surface area (Å²) < 4.78 is 6.22. The van der Waals surface area contributed by atoms with Crippen LogP contribution in [0, 0.1) is 0 Å². The highest BCUT2D eigenvalue weighted by molar-refractivity contribution is 6.30. The first-order valence-corrected chi connectivity index (χ1v) is 11.0. The molecule has 0 atom stereocenters. The topological polar surface area (TPSA) is 13.1 Å². The van der Waals surface area contributed by atoms with Gasteiger partial charge in [0.1, 0.15) is 11.2 Å². The minimum Gasteiger partial charge on any atom is -0.456 e. The maximum absolute atomic E-state index is 6.22. The molecular formula is C30H19ClO. The van der Waals surface area contributed by atoms with E-state index in [9.17, 15) is 0 Å². The van der Waals surface area contributed by atoms with Crippen LogP contribution in [0.15, 0.2) is 120 Å². The fourth-order valence-corrected chi connectivity index (χ4v) is 4.50. The van der Waals surface area contributed by atoms with Crippen molar-refractivity contribution < 1.29 is 4.42 Å². The van der Waals surface area contributed by atoms with E-state index in [1.165, 1.54) is 16.7 Å². The predicted molar refractivity (Wildman–Crippen MR) is 135 cm³/mol. The normalized spacial score (nSPS) is 11.3. The van der Waals surface area contributed by atoms with Gasteiger partial charge in [-0.05, 0) is 69.8 Å². The quantitative estimate of drug-likeness (QED) is 0.272. The van der Waals surface area contributed by atoms with Gasteiger partial charge < -0.3 is 4.42 Å². The van der Waals surface area contributed by atoms with Crippen molar-refractivity contribution in [3.05, 3.63) is 120 Å². The van der Waals surface area contributed by atoms with Crippen LogP contribution in [0.4, 0.5) is 0 Å². The summed E-state index contributed by atoms with van der Waals surface area (Å²) in [7, 11) is 0. The summed E-state index contributed by atoms with van der Waals surface area (Å²) in [6, 6.07) is 39.8. The molecule has 0 aliphatic heterocycles. The highest BCUT2D eigenvalue weighted by Crippen LogP contribution is 2.37.